The molecule has 3 aliphatic rings. The van der Waals surface area contributed by atoms with Gasteiger partial charge >= 0.3 is 0 Å². The first-order chi connectivity index (χ1) is 11.2. The maximum absolute atomic E-state index is 12.9. The van der Waals surface area contributed by atoms with E-state index in [9.17, 15) is 9.90 Å². The minimum absolute atomic E-state index is 0.0702. The number of aliphatic hydroxyl groups excluding tert-OH is 1. The molecule has 0 radical (unpaired) electrons. The number of piperidine rings is 1. The predicted molar refractivity (Wildman–Crippen MR) is 88.3 cm³/mol. The fourth-order valence-corrected chi connectivity index (χ4v) is 4.40. The van der Waals surface area contributed by atoms with Crippen LogP contribution in [0.5, 0.6) is 0 Å². The second kappa shape index (κ2) is 5.90. The number of rotatable bonds is 4. The summed E-state index contributed by atoms with van der Waals surface area (Å²) in [5.74, 6) is 0.874. The fraction of sp³-hybridized carbons (Fsp3) is 0.684. The van der Waals surface area contributed by atoms with Crippen LogP contribution in [0, 0.1) is 11.3 Å². The zero-order valence-electron chi connectivity index (χ0n) is 13.8. The lowest BCUT2D eigenvalue weighted by atomic mass is 9.76. The molecule has 1 saturated carbocycles. The number of hydrogen-bond donors (Lipinski definition) is 1. The van der Waals surface area contributed by atoms with Crippen molar-refractivity contribution in [3.05, 3.63) is 29.1 Å². The molecule has 1 aromatic heterocycles. The summed E-state index contributed by atoms with van der Waals surface area (Å²) in [5, 5.41) is 9.96. The lowest BCUT2D eigenvalue weighted by molar-refractivity contribution is 0.0196. The summed E-state index contributed by atoms with van der Waals surface area (Å²) >= 11 is 0. The number of nitrogens with zero attached hydrogens (tertiary/aromatic N) is 2. The van der Waals surface area contributed by atoms with Crippen molar-refractivity contribution in [2.24, 2.45) is 11.3 Å². The molecule has 4 rings (SSSR count). The van der Waals surface area contributed by atoms with E-state index in [4.69, 9.17) is 0 Å². The van der Waals surface area contributed by atoms with Crippen LogP contribution in [0.1, 0.15) is 60.1 Å². The van der Waals surface area contributed by atoms with Gasteiger partial charge in [0.2, 0.25) is 0 Å². The molecular weight excluding hydrogens is 288 g/mol. The third-order valence-corrected chi connectivity index (χ3v) is 5.87. The van der Waals surface area contributed by atoms with E-state index < -0.39 is 0 Å². The summed E-state index contributed by atoms with van der Waals surface area (Å²) in [5.41, 5.74) is 3.07. The molecule has 2 heterocycles. The Morgan fingerprint density at radius 3 is 3.00 bits per heavy atom. The highest BCUT2D eigenvalue weighted by Gasteiger charge is 2.41. The minimum atomic E-state index is -0.0702. The van der Waals surface area contributed by atoms with Crippen molar-refractivity contribution >= 4 is 5.91 Å². The topological polar surface area (TPSA) is 53.4 Å². The molecule has 2 fully saturated rings. The van der Waals surface area contributed by atoms with Crippen molar-refractivity contribution in [2.45, 2.75) is 51.4 Å². The van der Waals surface area contributed by atoms with E-state index in [2.05, 4.69) is 4.98 Å². The van der Waals surface area contributed by atoms with Crippen LogP contribution in [0.25, 0.3) is 0 Å². The van der Waals surface area contributed by atoms with Gasteiger partial charge in [-0.3, -0.25) is 9.78 Å². The molecule has 4 nitrogen and oxygen atoms in total. The molecule has 0 unspecified atom stereocenters. The third kappa shape index (κ3) is 3.01. The summed E-state index contributed by atoms with van der Waals surface area (Å²) in [6.45, 7) is 1.72. The van der Waals surface area contributed by atoms with Gasteiger partial charge in [-0.15, -0.1) is 0 Å². The van der Waals surface area contributed by atoms with Crippen molar-refractivity contribution in [2.75, 3.05) is 19.7 Å². The molecule has 0 aromatic carbocycles. The molecule has 23 heavy (non-hydrogen) atoms. The smallest absolute Gasteiger partial charge is 0.255 e. The van der Waals surface area contributed by atoms with Crippen LogP contribution in [0.3, 0.4) is 0 Å². The number of pyridine rings is 1. The standard InChI is InChI=1S/C19H26N2O2/c22-13-19(10-14-5-6-14)7-2-8-21(12-19)18(23)16-9-15-3-1-4-17(15)20-11-16/h9,11,14,22H,1-8,10,12-13H2/t19-/m0/s1. The molecule has 124 valence electrons. The third-order valence-electron chi connectivity index (χ3n) is 5.87. The van der Waals surface area contributed by atoms with Crippen LogP contribution in [0.2, 0.25) is 0 Å². The molecule has 1 saturated heterocycles. The molecule has 0 bridgehead atoms. The largest absolute Gasteiger partial charge is 0.396 e. The number of hydrogen-bond acceptors (Lipinski definition) is 3. The molecule has 1 atom stereocenters. The van der Waals surface area contributed by atoms with E-state index in [1.807, 2.05) is 11.0 Å². The number of likely N-dealkylation sites (tertiary alicyclic amines) is 1. The first-order valence-corrected chi connectivity index (χ1v) is 9.07. The van der Waals surface area contributed by atoms with Crippen LogP contribution < -0.4 is 0 Å². The van der Waals surface area contributed by atoms with Gasteiger partial charge in [-0.25, -0.2) is 0 Å². The van der Waals surface area contributed by atoms with Gasteiger partial charge in [0.25, 0.3) is 5.91 Å². The van der Waals surface area contributed by atoms with Gasteiger partial charge in [-0.1, -0.05) is 12.8 Å². The van der Waals surface area contributed by atoms with Gasteiger partial charge in [0.1, 0.15) is 0 Å². The number of carbonyl (C=O) groups excluding carboxylic acids is 1. The quantitative estimate of drug-likeness (QED) is 0.929. The van der Waals surface area contributed by atoms with Crippen molar-refractivity contribution in [1.29, 1.82) is 0 Å². The van der Waals surface area contributed by atoms with E-state index in [0.717, 1.165) is 56.6 Å². The Morgan fingerprint density at radius 2 is 2.22 bits per heavy atom. The second-order valence-corrected chi connectivity index (χ2v) is 7.82. The van der Waals surface area contributed by atoms with E-state index in [-0.39, 0.29) is 17.9 Å². The molecule has 0 spiro atoms. The first kappa shape index (κ1) is 15.1. The van der Waals surface area contributed by atoms with E-state index >= 15 is 0 Å². The summed E-state index contributed by atoms with van der Waals surface area (Å²) in [6, 6.07) is 2.05. The van der Waals surface area contributed by atoms with Gasteiger partial charge in [0.15, 0.2) is 0 Å². The molecule has 2 aliphatic carbocycles. The number of aryl methyl sites for hydroxylation is 2. The highest BCUT2D eigenvalue weighted by Crippen LogP contribution is 2.44. The number of amides is 1. The van der Waals surface area contributed by atoms with Gasteiger partial charge < -0.3 is 10.0 Å². The maximum Gasteiger partial charge on any atom is 0.255 e. The van der Waals surface area contributed by atoms with Crippen LogP contribution >= 0.6 is 0 Å². The van der Waals surface area contributed by atoms with Gasteiger partial charge in [-0.2, -0.15) is 0 Å². The van der Waals surface area contributed by atoms with Crippen molar-refractivity contribution in [3.63, 3.8) is 0 Å². The molecule has 1 amide bonds. The van der Waals surface area contributed by atoms with Crippen molar-refractivity contribution in [3.8, 4) is 0 Å². The number of aliphatic hydroxyl groups is 1. The Labute approximate surface area is 137 Å². The Balaban J connectivity index is 1.51. The fourth-order valence-electron chi connectivity index (χ4n) is 4.40. The average molecular weight is 314 g/mol. The van der Waals surface area contributed by atoms with Crippen molar-refractivity contribution < 1.29 is 9.90 Å². The Kier molecular flexibility index (Phi) is 3.88. The predicted octanol–water partition coefficient (Wildman–Crippen LogP) is 2.59. The Morgan fingerprint density at radius 1 is 1.35 bits per heavy atom. The normalized spacial score (nSPS) is 27.1. The maximum atomic E-state index is 12.9. The summed E-state index contributed by atoms with van der Waals surface area (Å²) in [6.07, 6.45) is 10.7. The summed E-state index contributed by atoms with van der Waals surface area (Å²) in [7, 11) is 0. The van der Waals surface area contributed by atoms with Crippen LogP contribution in [-0.4, -0.2) is 40.6 Å². The van der Waals surface area contributed by atoms with Gasteiger partial charge in [0, 0.05) is 30.4 Å². The lowest BCUT2D eigenvalue weighted by Crippen LogP contribution is -2.48. The molecular formula is C19H26N2O2. The summed E-state index contributed by atoms with van der Waals surface area (Å²) < 4.78 is 0. The van der Waals surface area contributed by atoms with E-state index in [1.54, 1.807) is 6.20 Å². The molecule has 4 heteroatoms. The van der Waals surface area contributed by atoms with E-state index in [1.165, 1.54) is 24.1 Å². The van der Waals surface area contributed by atoms with Gasteiger partial charge in [-0.05, 0) is 56.1 Å². The zero-order valence-corrected chi connectivity index (χ0v) is 13.8. The number of carbonyl (C=O) groups is 1. The van der Waals surface area contributed by atoms with Crippen molar-refractivity contribution in [1.82, 2.24) is 9.88 Å². The molecule has 1 aliphatic heterocycles. The second-order valence-electron chi connectivity index (χ2n) is 7.82. The first-order valence-electron chi connectivity index (χ1n) is 9.07. The highest BCUT2D eigenvalue weighted by molar-refractivity contribution is 5.94. The average Bonchev–Trinajstić information content (AvgIpc) is 3.26. The Hall–Kier alpha value is -1.42. The highest BCUT2D eigenvalue weighted by atomic mass is 16.3. The van der Waals surface area contributed by atoms with E-state index in [0.29, 0.717) is 6.54 Å². The zero-order chi connectivity index (χ0) is 15.9. The van der Waals surface area contributed by atoms with Crippen LogP contribution in [0.15, 0.2) is 12.3 Å². The lowest BCUT2D eigenvalue weighted by Gasteiger charge is -2.42. The van der Waals surface area contributed by atoms with Crippen LogP contribution in [-0.2, 0) is 12.8 Å². The summed E-state index contributed by atoms with van der Waals surface area (Å²) in [4.78, 5) is 19.4. The Bertz CT molecular complexity index is 611. The monoisotopic (exact) mass is 314 g/mol. The SMILES string of the molecule is O=C(c1cnc2c(c1)CCC2)N1CCC[C@](CO)(CC2CC2)C1. The molecule has 1 aromatic rings. The number of aromatic nitrogens is 1. The van der Waals surface area contributed by atoms with Gasteiger partial charge in [0.05, 0.1) is 12.2 Å². The molecule has 1 N–H and O–H groups in total. The minimum Gasteiger partial charge on any atom is -0.396 e. The van der Waals surface area contributed by atoms with Crippen LogP contribution in [0.4, 0.5) is 0 Å². The number of fused-ring (bicyclic) bond motifs is 1.